The van der Waals surface area contributed by atoms with Gasteiger partial charge in [0.25, 0.3) is 18.5 Å². The molecule has 11 heteroatoms. The summed E-state index contributed by atoms with van der Waals surface area (Å²) >= 11 is 0. The molecule has 3 rings (SSSR count). The van der Waals surface area contributed by atoms with Crippen molar-refractivity contribution < 1.29 is 32.0 Å². The van der Waals surface area contributed by atoms with Gasteiger partial charge in [-0.3, -0.25) is 19.6 Å². The molecule has 1 heterocycles. The van der Waals surface area contributed by atoms with Gasteiger partial charge in [-0.1, -0.05) is 24.3 Å². The number of aromatic nitrogens is 2. The molecule has 0 saturated carbocycles. The van der Waals surface area contributed by atoms with Crippen molar-refractivity contribution in [3.05, 3.63) is 92.8 Å². The van der Waals surface area contributed by atoms with Crippen molar-refractivity contribution >= 4 is 17.5 Å². The number of benzene rings is 2. The number of carbonyl (C=O) groups excluding carboxylic acids is 1. The van der Waals surface area contributed by atoms with Gasteiger partial charge in [-0.15, -0.1) is 0 Å². The van der Waals surface area contributed by atoms with E-state index in [0.29, 0.717) is 22.9 Å². The first-order valence-electron chi connectivity index (χ1n) is 9.48. The molecule has 7 nitrogen and oxygen atoms in total. The smallest absolute Gasteiger partial charge is 0.282 e. The van der Waals surface area contributed by atoms with Crippen LogP contribution in [0, 0.1) is 10.1 Å². The molecule has 0 N–H and O–H groups in total. The summed E-state index contributed by atoms with van der Waals surface area (Å²) in [7, 11) is 1.36. The third kappa shape index (κ3) is 5.43. The van der Waals surface area contributed by atoms with Gasteiger partial charge in [0.2, 0.25) is 0 Å². The van der Waals surface area contributed by atoms with Crippen LogP contribution in [0.1, 0.15) is 45.7 Å². The van der Waals surface area contributed by atoms with Crippen molar-refractivity contribution in [2.24, 2.45) is 0 Å². The second-order valence-electron chi connectivity index (χ2n) is 6.80. The summed E-state index contributed by atoms with van der Waals surface area (Å²) in [6.45, 7) is -0.282. The van der Waals surface area contributed by atoms with Gasteiger partial charge in [0.15, 0.2) is 5.78 Å². The zero-order valence-corrected chi connectivity index (χ0v) is 17.1. The van der Waals surface area contributed by atoms with Crippen molar-refractivity contribution in [2.45, 2.75) is 19.4 Å². The molecular formula is C22H17F4N3O4. The van der Waals surface area contributed by atoms with Gasteiger partial charge in [0.1, 0.15) is 17.1 Å². The zero-order chi connectivity index (χ0) is 24.1. The summed E-state index contributed by atoms with van der Waals surface area (Å²) in [4.78, 5) is 22.9. The average molecular weight is 463 g/mol. The maximum Gasteiger partial charge on any atom is 0.282 e. The van der Waals surface area contributed by atoms with E-state index in [9.17, 15) is 32.5 Å². The van der Waals surface area contributed by atoms with Crippen LogP contribution in [0.25, 0.3) is 6.08 Å². The number of carbonyl (C=O) groups is 1. The SMILES string of the molecule is COc1ccc(/C=C/C(=O)c2ccccc2[N+](=O)[O-])cc1Cn1nc(C(F)F)cc1C(F)F. The third-order valence-corrected chi connectivity index (χ3v) is 4.70. The van der Waals surface area contributed by atoms with Crippen LogP contribution in [0.4, 0.5) is 23.2 Å². The number of nitrogens with zero attached hydrogens (tertiary/aromatic N) is 3. The predicted octanol–water partition coefficient (Wildman–Crippen LogP) is 5.62. The lowest BCUT2D eigenvalue weighted by Gasteiger charge is -2.12. The number of hydrogen-bond acceptors (Lipinski definition) is 5. The Balaban J connectivity index is 1.91. The second-order valence-corrected chi connectivity index (χ2v) is 6.80. The third-order valence-electron chi connectivity index (χ3n) is 4.70. The molecule has 3 aromatic rings. The van der Waals surface area contributed by atoms with Crippen molar-refractivity contribution in [2.75, 3.05) is 7.11 Å². The number of nitro groups is 1. The first-order valence-corrected chi connectivity index (χ1v) is 9.48. The molecule has 0 aliphatic heterocycles. The number of rotatable bonds is 9. The molecule has 0 atom stereocenters. The van der Waals surface area contributed by atoms with E-state index < -0.39 is 34.9 Å². The number of allylic oxidation sites excluding steroid dienone is 1. The Bertz CT molecular complexity index is 1210. The van der Waals surface area contributed by atoms with Crippen molar-refractivity contribution in [3.8, 4) is 5.75 Å². The second kappa shape index (κ2) is 10.1. The van der Waals surface area contributed by atoms with Crippen LogP contribution in [0.3, 0.4) is 0 Å². The number of ether oxygens (including phenoxy) is 1. The van der Waals surface area contributed by atoms with E-state index in [0.717, 1.165) is 10.8 Å². The average Bonchev–Trinajstić information content (AvgIpc) is 3.22. The molecule has 1 aromatic heterocycles. The Morgan fingerprint density at radius 2 is 1.88 bits per heavy atom. The molecule has 0 radical (unpaired) electrons. The van der Waals surface area contributed by atoms with Gasteiger partial charge in [-0.25, -0.2) is 17.6 Å². The molecule has 33 heavy (non-hydrogen) atoms. The largest absolute Gasteiger partial charge is 0.496 e. The fraction of sp³-hybridized carbons (Fsp3) is 0.182. The molecule has 0 spiro atoms. The van der Waals surface area contributed by atoms with E-state index >= 15 is 0 Å². The topological polar surface area (TPSA) is 87.3 Å². The van der Waals surface area contributed by atoms with Crippen LogP contribution in [0.2, 0.25) is 0 Å². The molecule has 0 saturated heterocycles. The van der Waals surface area contributed by atoms with Crippen LogP contribution in [-0.4, -0.2) is 27.6 Å². The Hall–Kier alpha value is -4.02. The lowest BCUT2D eigenvalue weighted by Crippen LogP contribution is -2.08. The van der Waals surface area contributed by atoms with E-state index in [4.69, 9.17) is 4.74 Å². The highest BCUT2D eigenvalue weighted by molar-refractivity contribution is 6.09. The van der Waals surface area contributed by atoms with Crippen LogP contribution in [0.5, 0.6) is 5.75 Å². The summed E-state index contributed by atoms with van der Waals surface area (Å²) in [6, 6.07) is 10.7. The zero-order valence-electron chi connectivity index (χ0n) is 17.1. The number of nitro benzene ring substituents is 1. The summed E-state index contributed by atoms with van der Waals surface area (Å²) in [5.74, 6) is -0.306. The van der Waals surface area contributed by atoms with Crippen molar-refractivity contribution in [3.63, 3.8) is 0 Å². The first-order chi connectivity index (χ1) is 15.7. The highest BCUT2D eigenvalue weighted by Gasteiger charge is 2.22. The van der Waals surface area contributed by atoms with Crippen molar-refractivity contribution in [1.29, 1.82) is 0 Å². The predicted molar refractivity (Wildman–Crippen MR) is 111 cm³/mol. The normalized spacial score (nSPS) is 11.5. The lowest BCUT2D eigenvalue weighted by atomic mass is 10.1. The molecule has 0 aliphatic carbocycles. The molecule has 0 aliphatic rings. The number of methoxy groups -OCH3 is 1. The number of para-hydroxylation sites is 1. The van der Waals surface area contributed by atoms with Gasteiger partial charge in [-0.2, -0.15) is 5.10 Å². The minimum atomic E-state index is -3.02. The van der Waals surface area contributed by atoms with Crippen LogP contribution >= 0.6 is 0 Å². The molecule has 0 fully saturated rings. The monoisotopic (exact) mass is 463 g/mol. The van der Waals surface area contributed by atoms with E-state index in [1.807, 2.05) is 0 Å². The summed E-state index contributed by atoms with van der Waals surface area (Å²) in [5, 5.41) is 14.7. The van der Waals surface area contributed by atoms with Gasteiger partial charge in [0.05, 0.1) is 24.1 Å². The summed E-state index contributed by atoms with van der Waals surface area (Å²) in [6.07, 6.45) is -3.49. The molecule has 0 amide bonds. The van der Waals surface area contributed by atoms with Gasteiger partial charge >= 0.3 is 0 Å². The number of hydrogen-bond donors (Lipinski definition) is 0. The molecule has 0 unspecified atom stereocenters. The number of alkyl halides is 4. The van der Waals surface area contributed by atoms with E-state index in [1.54, 1.807) is 6.07 Å². The minimum Gasteiger partial charge on any atom is -0.496 e. The van der Waals surface area contributed by atoms with Gasteiger partial charge in [-0.05, 0) is 35.9 Å². The maximum absolute atomic E-state index is 13.3. The number of ketones is 1. The van der Waals surface area contributed by atoms with Crippen LogP contribution in [0.15, 0.2) is 54.6 Å². The van der Waals surface area contributed by atoms with Crippen molar-refractivity contribution in [1.82, 2.24) is 9.78 Å². The Morgan fingerprint density at radius 3 is 2.52 bits per heavy atom. The van der Waals surface area contributed by atoms with E-state index in [1.165, 1.54) is 49.6 Å². The van der Waals surface area contributed by atoms with Crippen LogP contribution < -0.4 is 4.74 Å². The van der Waals surface area contributed by atoms with Gasteiger partial charge < -0.3 is 4.74 Å². The quantitative estimate of drug-likeness (QED) is 0.135. The highest BCUT2D eigenvalue weighted by Crippen LogP contribution is 2.28. The Kier molecular flexibility index (Phi) is 7.21. The summed E-state index contributed by atoms with van der Waals surface area (Å²) in [5.41, 5.74) is -1.06. The molecule has 0 bridgehead atoms. The van der Waals surface area contributed by atoms with Crippen LogP contribution in [-0.2, 0) is 6.54 Å². The standard InChI is InChI=1S/C22H17F4N3O4/c1-33-20-9-7-13(6-8-19(30)15-4-2-3-5-17(15)29(31)32)10-14(20)12-28-18(22(25)26)11-16(27-28)21(23)24/h2-11,21-22H,12H2,1H3/b8-6+. The Morgan fingerprint density at radius 1 is 1.15 bits per heavy atom. The minimum absolute atomic E-state index is 0.0925. The lowest BCUT2D eigenvalue weighted by molar-refractivity contribution is -0.385. The molecule has 2 aromatic carbocycles. The van der Waals surface area contributed by atoms with Gasteiger partial charge in [0, 0.05) is 11.6 Å². The maximum atomic E-state index is 13.3. The van der Waals surface area contributed by atoms with E-state index in [2.05, 4.69) is 5.10 Å². The molecule has 172 valence electrons. The molecular weight excluding hydrogens is 446 g/mol. The van der Waals surface area contributed by atoms with E-state index in [-0.39, 0.29) is 17.8 Å². The fourth-order valence-electron chi connectivity index (χ4n) is 3.15. The number of halogens is 4. The highest BCUT2D eigenvalue weighted by atomic mass is 19.3. The Labute approximate surface area is 185 Å². The summed E-state index contributed by atoms with van der Waals surface area (Å²) < 4.78 is 58.5. The fourth-order valence-corrected chi connectivity index (χ4v) is 3.15. The first kappa shape index (κ1) is 23.6.